The first-order chi connectivity index (χ1) is 10.1. The first-order valence-electron chi connectivity index (χ1n) is 8.10. The zero-order chi connectivity index (χ0) is 14.8. The standard InChI is InChI=1S/C18H27N3/c1-14-16-9-4-5-10-17(16)19-18(14)13-20(2)12-15-8-6-7-11-21(15)3/h4-5,9-10,15,19H,6-8,11-13H2,1-3H3. The van der Waals surface area contributed by atoms with E-state index in [1.807, 2.05) is 0 Å². The van der Waals surface area contributed by atoms with Crippen LogP contribution in [0.4, 0.5) is 0 Å². The van der Waals surface area contributed by atoms with Crippen molar-refractivity contribution in [3.05, 3.63) is 35.5 Å². The van der Waals surface area contributed by atoms with Gasteiger partial charge in [0.2, 0.25) is 0 Å². The van der Waals surface area contributed by atoms with E-state index < -0.39 is 0 Å². The fourth-order valence-electron chi connectivity index (χ4n) is 3.57. The summed E-state index contributed by atoms with van der Waals surface area (Å²) < 4.78 is 0. The molecule has 0 saturated carbocycles. The zero-order valence-corrected chi connectivity index (χ0v) is 13.5. The number of nitrogens with one attached hydrogen (secondary N) is 1. The van der Waals surface area contributed by atoms with Crippen molar-refractivity contribution in [2.75, 3.05) is 27.2 Å². The molecule has 0 amide bonds. The van der Waals surface area contributed by atoms with Crippen molar-refractivity contribution in [1.82, 2.24) is 14.8 Å². The molecule has 1 atom stereocenters. The van der Waals surface area contributed by atoms with Gasteiger partial charge in [0.15, 0.2) is 0 Å². The van der Waals surface area contributed by atoms with Gasteiger partial charge in [-0.1, -0.05) is 24.6 Å². The minimum atomic E-state index is 0.716. The van der Waals surface area contributed by atoms with Crippen LogP contribution in [0.1, 0.15) is 30.5 Å². The summed E-state index contributed by atoms with van der Waals surface area (Å²) in [7, 11) is 4.51. The van der Waals surface area contributed by atoms with Gasteiger partial charge >= 0.3 is 0 Å². The first kappa shape index (κ1) is 14.6. The van der Waals surface area contributed by atoms with Gasteiger partial charge < -0.3 is 9.88 Å². The molecular weight excluding hydrogens is 258 g/mol. The van der Waals surface area contributed by atoms with Crippen LogP contribution >= 0.6 is 0 Å². The predicted molar refractivity (Wildman–Crippen MR) is 89.6 cm³/mol. The average Bonchev–Trinajstić information content (AvgIpc) is 2.78. The van der Waals surface area contributed by atoms with E-state index in [-0.39, 0.29) is 0 Å². The molecule has 1 N–H and O–H groups in total. The number of benzene rings is 1. The highest BCUT2D eigenvalue weighted by molar-refractivity contribution is 5.84. The molecule has 21 heavy (non-hydrogen) atoms. The highest BCUT2D eigenvalue weighted by atomic mass is 15.2. The molecule has 1 saturated heterocycles. The number of aromatic nitrogens is 1. The quantitative estimate of drug-likeness (QED) is 0.930. The molecule has 0 aliphatic carbocycles. The topological polar surface area (TPSA) is 22.3 Å². The van der Waals surface area contributed by atoms with Crippen molar-refractivity contribution < 1.29 is 0 Å². The largest absolute Gasteiger partial charge is 0.357 e. The van der Waals surface area contributed by atoms with Gasteiger partial charge in [0.05, 0.1) is 0 Å². The Morgan fingerprint density at radius 1 is 1.29 bits per heavy atom. The van der Waals surface area contributed by atoms with Crippen molar-refractivity contribution >= 4 is 10.9 Å². The van der Waals surface area contributed by atoms with Gasteiger partial charge in [0.25, 0.3) is 0 Å². The van der Waals surface area contributed by atoms with E-state index in [4.69, 9.17) is 0 Å². The summed E-state index contributed by atoms with van der Waals surface area (Å²) in [5, 5.41) is 1.36. The van der Waals surface area contributed by atoms with Crippen LogP contribution in [-0.2, 0) is 6.54 Å². The maximum atomic E-state index is 3.59. The SMILES string of the molecule is Cc1c(CN(C)CC2CCCCN2C)[nH]c2ccccc12. The molecule has 0 radical (unpaired) electrons. The van der Waals surface area contributed by atoms with Gasteiger partial charge in [0, 0.05) is 35.7 Å². The van der Waals surface area contributed by atoms with E-state index in [9.17, 15) is 0 Å². The fraction of sp³-hybridized carbons (Fsp3) is 0.556. The lowest BCUT2D eigenvalue weighted by molar-refractivity contribution is 0.138. The average molecular weight is 285 g/mol. The number of nitrogens with zero attached hydrogens (tertiary/aromatic N) is 2. The molecule has 2 heterocycles. The molecule has 1 aromatic heterocycles. The van der Waals surface area contributed by atoms with Gasteiger partial charge in [-0.3, -0.25) is 4.90 Å². The second-order valence-electron chi connectivity index (χ2n) is 6.60. The van der Waals surface area contributed by atoms with E-state index in [2.05, 4.69) is 60.1 Å². The van der Waals surface area contributed by atoms with Crippen molar-refractivity contribution in [1.29, 1.82) is 0 Å². The van der Waals surface area contributed by atoms with Crippen LogP contribution in [-0.4, -0.2) is 48.0 Å². The van der Waals surface area contributed by atoms with Crippen LogP contribution in [0.25, 0.3) is 10.9 Å². The molecular formula is C18H27N3. The second kappa shape index (κ2) is 6.20. The number of likely N-dealkylation sites (N-methyl/N-ethyl adjacent to an activating group) is 2. The van der Waals surface area contributed by atoms with Crippen LogP contribution in [0.3, 0.4) is 0 Å². The summed E-state index contributed by atoms with van der Waals surface area (Å²) in [6.45, 7) is 5.65. The Labute approximate surface area is 127 Å². The van der Waals surface area contributed by atoms with E-state index >= 15 is 0 Å². The van der Waals surface area contributed by atoms with Crippen LogP contribution < -0.4 is 0 Å². The normalized spacial score (nSPS) is 20.5. The number of H-pyrrole nitrogens is 1. The molecule has 0 bridgehead atoms. The summed E-state index contributed by atoms with van der Waals surface area (Å²) in [5.74, 6) is 0. The molecule has 3 heteroatoms. The molecule has 0 spiro atoms. The number of rotatable bonds is 4. The summed E-state index contributed by atoms with van der Waals surface area (Å²) in [6.07, 6.45) is 4.08. The smallest absolute Gasteiger partial charge is 0.0459 e. The molecule has 3 rings (SSSR count). The highest BCUT2D eigenvalue weighted by Gasteiger charge is 2.20. The lowest BCUT2D eigenvalue weighted by atomic mass is 10.0. The summed E-state index contributed by atoms with van der Waals surface area (Å²) in [6, 6.07) is 9.31. The third-order valence-corrected chi connectivity index (χ3v) is 4.94. The van der Waals surface area contributed by atoms with Crippen molar-refractivity contribution in [3.63, 3.8) is 0 Å². The van der Waals surface area contributed by atoms with E-state index in [0.29, 0.717) is 6.04 Å². The molecule has 114 valence electrons. The maximum Gasteiger partial charge on any atom is 0.0459 e. The predicted octanol–water partition coefficient (Wildman–Crippen LogP) is 3.39. The van der Waals surface area contributed by atoms with E-state index in [0.717, 1.165) is 13.1 Å². The summed E-state index contributed by atoms with van der Waals surface area (Å²) in [5.41, 5.74) is 4.01. The lowest BCUT2D eigenvalue weighted by Crippen LogP contribution is -2.43. The number of aryl methyl sites for hydroxylation is 1. The second-order valence-corrected chi connectivity index (χ2v) is 6.60. The van der Waals surface area contributed by atoms with E-state index in [1.54, 1.807) is 0 Å². The Morgan fingerprint density at radius 2 is 2.10 bits per heavy atom. The zero-order valence-electron chi connectivity index (χ0n) is 13.5. The third-order valence-electron chi connectivity index (χ3n) is 4.94. The molecule has 1 unspecified atom stereocenters. The number of hydrogen-bond donors (Lipinski definition) is 1. The molecule has 3 nitrogen and oxygen atoms in total. The molecule has 1 aromatic carbocycles. The molecule has 1 aliphatic heterocycles. The van der Waals surface area contributed by atoms with Crippen molar-refractivity contribution in [2.24, 2.45) is 0 Å². The van der Waals surface area contributed by atoms with Crippen molar-refractivity contribution in [3.8, 4) is 0 Å². The van der Waals surface area contributed by atoms with E-state index in [1.165, 1.54) is 48.0 Å². The fourth-order valence-corrected chi connectivity index (χ4v) is 3.57. The Bertz CT molecular complexity index is 602. The van der Waals surface area contributed by atoms with Crippen LogP contribution in [0.15, 0.2) is 24.3 Å². The van der Waals surface area contributed by atoms with Crippen LogP contribution in [0.2, 0.25) is 0 Å². The van der Waals surface area contributed by atoms with Gasteiger partial charge in [-0.15, -0.1) is 0 Å². The third kappa shape index (κ3) is 3.14. The Kier molecular flexibility index (Phi) is 4.32. The lowest BCUT2D eigenvalue weighted by Gasteiger charge is -2.35. The Morgan fingerprint density at radius 3 is 2.86 bits per heavy atom. The summed E-state index contributed by atoms with van der Waals surface area (Å²) in [4.78, 5) is 8.58. The number of para-hydroxylation sites is 1. The first-order valence-corrected chi connectivity index (χ1v) is 8.10. The maximum absolute atomic E-state index is 3.59. The minimum absolute atomic E-state index is 0.716. The number of fused-ring (bicyclic) bond motifs is 1. The van der Waals surface area contributed by atoms with Crippen LogP contribution in [0.5, 0.6) is 0 Å². The van der Waals surface area contributed by atoms with Gasteiger partial charge in [0.1, 0.15) is 0 Å². The number of piperidine rings is 1. The summed E-state index contributed by atoms with van der Waals surface area (Å²) >= 11 is 0. The van der Waals surface area contributed by atoms with Gasteiger partial charge in [-0.05, 0) is 52.0 Å². The van der Waals surface area contributed by atoms with Crippen molar-refractivity contribution in [2.45, 2.75) is 38.8 Å². The molecule has 1 aliphatic rings. The van der Waals surface area contributed by atoms with Gasteiger partial charge in [-0.2, -0.15) is 0 Å². The monoisotopic (exact) mass is 285 g/mol. The number of aromatic amines is 1. The number of likely N-dealkylation sites (tertiary alicyclic amines) is 1. The van der Waals surface area contributed by atoms with Gasteiger partial charge in [-0.25, -0.2) is 0 Å². The Balaban J connectivity index is 1.68. The minimum Gasteiger partial charge on any atom is -0.357 e. The Hall–Kier alpha value is -1.32. The highest BCUT2D eigenvalue weighted by Crippen LogP contribution is 2.23. The molecule has 1 fully saturated rings. The molecule has 2 aromatic rings. The van der Waals surface area contributed by atoms with Crippen LogP contribution in [0, 0.1) is 6.92 Å². The number of hydrogen-bond acceptors (Lipinski definition) is 2.